The maximum absolute atomic E-state index is 12.4. The summed E-state index contributed by atoms with van der Waals surface area (Å²) in [5.41, 5.74) is 3.30. The SMILES string of the molecule is CC(=O)Oc1ccccc1C(=O)/C=C/c1csc(-c2ccc(C)cc2)n1. The van der Waals surface area contributed by atoms with Crippen molar-refractivity contribution in [3.8, 4) is 16.3 Å². The van der Waals surface area contributed by atoms with Gasteiger partial charge in [-0.3, -0.25) is 9.59 Å². The van der Waals surface area contributed by atoms with Crippen LogP contribution in [-0.4, -0.2) is 16.7 Å². The molecule has 0 bridgehead atoms. The number of carbonyl (C=O) groups is 2. The highest BCUT2D eigenvalue weighted by molar-refractivity contribution is 7.13. The molecule has 130 valence electrons. The van der Waals surface area contributed by atoms with Crippen molar-refractivity contribution in [3.63, 3.8) is 0 Å². The quantitative estimate of drug-likeness (QED) is 0.279. The molecule has 0 spiro atoms. The van der Waals surface area contributed by atoms with E-state index in [1.807, 2.05) is 36.6 Å². The normalized spacial score (nSPS) is 10.8. The Hall–Kier alpha value is -3.05. The van der Waals surface area contributed by atoms with Crippen molar-refractivity contribution in [3.05, 3.63) is 76.8 Å². The molecule has 26 heavy (non-hydrogen) atoms. The third-order valence-corrected chi connectivity index (χ3v) is 4.54. The summed E-state index contributed by atoms with van der Waals surface area (Å²) in [6.07, 6.45) is 3.11. The number of ether oxygens (including phenoxy) is 1. The van der Waals surface area contributed by atoms with Gasteiger partial charge < -0.3 is 4.74 Å². The number of hydrogen-bond acceptors (Lipinski definition) is 5. The van der Waals surface area contributed by atoms with Crippen LogP contribution >= 0.6 is 11.3 Å². The number of esters is 1. The minimum Gasteiger partial charge on any atom is -0.426 e. The summed E-state index contributed by atoms with van der Waals surface area (Å²) in [5.74, 6) is -0.448. The van der Waals surface area contributed by atoms with E-state index in [4.69, 9.17) is 4.74 Å². The number of aromatic nitrogens is 1. The zero-order valence-corrected chi connectivity index (χ0v) is 15.2. The zero-order chi connectivity index (χ0) is 18.5. The van der Waals surface area contributed by atoms with Crippen molar-refractivity contribution >= 4 is 29.2 Å². The second-order valence-electron chi connectivity index (χ2n) is 5.73. The first-order valence-electron chi connectivity index (χ1n) is 8.05. The minimum absolute atomic E-state index is 0.244. The van der Waals surface area contributed by atoms with E-state index >= 15 is 0 Å². The van der Waals surface area contributed by atoms with Crippen LogP contribution in [0.1, 0.15) is 28.5 Å². The molecule has 0 radical (unpaired) electrons. The summed E-state index contributed by atoms with van der Waals surface area (Å²) < 4.78 is 5.08. The lowest BCUT2D eigenvalue weighted by molar-refractivity contribution is -0.131. The average Bonchev–Trinajstić information content (AvgIpc) is 3.09. The maximum Gasteiger partial charge on any atom is 0.308 e. The third-order valence-electron chi connectivity index (χ3n) is 3.63. The molecular formula is C21H17NO3S. The lowest BCUT2D eigenvalue weighted by Crippen LogP contribution is -2.06. The molecule has 1 aromatic heterocycles. The predicted molar refractivity (Wildman–Crippen MR) is 103 cm³/mol. The molecule has 0 saturated carbocycles. The zero-order valence-electron chi connectivity index (χ0n) is 14.4. The van der Waals surface area contributed by atoms with E-state index < -0.39 is 5.97 Å². The van der Waals surface area contributed by atoms with Gasteiger partial charge in [-0.25, -0.2) is 4.98 Å². The highest BCUT2D eigenvalue weighted by atomic mass is 32.1. The van der Waals surface area contributed by atoms with Crippen LogP contribution in [0.4, 0.5) is 0 Å². The van der Waals surface area contributed by atoms with E-state index in [1.54, 1.807) is 30.3 Å². The van der Waals surface area contributed by atoms with Crippen LogP contribution in [0.3, 0.4) is 0 Å². The molecule has 1 heterocycles. The standard InChI is InChI=1S/C21H17NO3S/c1-14-7-9-16(10-8-14)21-22-17(13-26-21)11-12-19(24)18-5-3-4-6-20(18)25-15(2)23/h3-13H,1-2H3/b12-11+. The Morgan fingerprint density at radius 3 is 2.54 bits per heavy atom. The van der Waals surface area contributed by atoms with E-state index in [-0.39, 0.29) is 11.5 Å². The molecule has 2 aromatic carbocycles. The van der Waals surface area contributed by atoms with Crippen molar-refractivity contribution in [2.45, 2.75) is 13.8 Å². The van der Waals surface area contributed by atoms with E-state index in [0.29, 0.717) is 11.3 Å². The van der Waals surface area contributed by atoms with Crippen LogP contribution in [0, 0.1) is 6.92 Å². The second-order valence-corrected chi connectivity index (χ2v) is 6.59. The van der Waals surface area contributed by atoms with Gasteiger partial charge in [0.25, 0.3) is 0 Å². The van der Waals surface area contributed by atoms with Crippen molar-refractivity contribution in [2.75, 3.05) is 0 Å². The number of hydrogen-bond donors (Lipinski definition) is 0. The molecule has 0 fully saturated rings. The number of ketones is 1. The topological polar surface area (TPSA) is 56.3 Å². The van der Waals surface area contributed by atoms with Gasteiger partial charge in [0.15, 0.2) is 5.78 Å². The average molecular weight is 363 g/mol. The van der Waals surface area contributed by atoms with Gasteiger partial charge in [-0.05, 0) is 31.2 Å². The fraction of sp³-hybridized carbons (Fsp3) is 0.0952. The van der Waals surface area contributed by atoms with Gasteiger partial charge in [-0.15, -0.1) is 11.3 Å². The molecule has 0 unspecified atom stereocenters. The number of thiazole rings is 1. The van der Waals surface area contributed by atoms with Gasteiger partial charge in [0.1, 0.15) is 10.8 Å². The third kappa shape index (κ3) is 4.32. The largest absolute Gasteiger partial charge is 0.426 e. The number of benzene rings is 2. The van der Waals surface area contributed by atoms with Crippen molar-refractivity contribution < 1.29 is 14.3 Å². The summed E-state index contributed by atoms with van der Waals surface area (Å²) in [7, 11) is 0. The smallest absolute Gasteiger partial charge is 0.308 e. The molecular weight excluding hydrogens is 346 g/mol. The number of allylic oxidation sites excluding steroid dienone is 1. The molecule has 4 nitrogen and oxygen atoms in total. The molecule has 3 rings (SSSR count). The number of rotatable bonds is 5. The Bertz CT molecular complexity index is 971. The number of nitrogens with zero attached hydrogens (tertiary/aromatic N) is 1. The van der Waals surface area contributed by atoms with E-state index in [0.717, 1.165) is 10.6 Å². The second kappa shape index (κ2) is 7.89. The molecule has 0 atom stereocenters. The monoisotopic (exact) mass is 363 g/mol. The van der Waals surface area contributed by atoms with Crippen molar-refractivity contribution in [1.82, 2.24) is 4.98 Å². The fourth-order valence-electron chi connectivity index (χ4n) is 2.36. The van der Waals surface area contributed by atoms with Crippen LogP contribution in [-0.2, 0) is 4.79 Å². The molecule has 0 aliphatic heterocycles. The van der Waals surface area contributed by atoms with E-state index in [2.05, 4.69) is 4.98 Å². The highest BCUT2D eigenvalue weighted by Crippen LogP contribution is 2.25. The molecule has 0 aliphatic carbocycles. The molecule has 5 heteroatoms. The number of aryl methyl sites for hydroxylation is 1. The summed E-state index contributed by atoms with van der Waals surface area (Å²) in [6.45, 7) is 3.35. The number of carbonyl (C=O) groups excluding carboxylic acids is 2. The van der Waals surface area contributed by atoms with Gasteiger partial charge in [-0.2, -0.15) is 0 Å². The lowest BCUT2D eigenvalue weighted by Gasteiger charge is -2.05. The highest BCUT2D eigenvalue weighted by Gasteiger charge is 2.11. The fourth-order valence-corrected chi connectivity index (χ4v) is 3.15. The number of para-hydroxylation sites is 1. The molecule has 0 aliphatic rings. The summed E-state index contributed by atoms with van der Waals surface area (Å²) in [6, 6.07) is 14.8. The minimum atomic E-state index is -0.462. The van der Waals surface area contributed by atoms with Crippen LogP contribution in [0.25, 0.3) is 16.6 Å². The van der Waals surface area contributed by atoms with Gasteiger partial charge in [0, 0.05) is 17.9 Å². The predicted octanol–water partition coefficient (Wildman–Crippen LogP) is 4.94. The summed E-state index contributed by atoms with van der Waals surface area (Å²) in [5, 5.41) is 2.80. The molecule has 3 aromatic rings. The Morgan fingerprint density at radius 2 is 1.81 bits per heavy atom. The molecule has 0 saturated heterocycles. The van der Waals surface area contributed by atoms with Gasteiger partial charge >= 0.3 is 5.97 Å². The van der Waals surface area contributed by atoms with Gasteiger partial charge in [-0.1, -0.05) is 42.0 Å². The van der Waals surface area contributed by atoms with Gasteiger partial charge in [0.2, 0.25) is 0 Å². The first-order chi connectivity index (χ1) is 12.5. The van der Waals surface area contributed by atoms with Crippen molar-refractivity contribution in [2.24, 2.45) is 0 Å². The van der Waals surface area contributed by atoms with Crippen LogP contribution in [0.5, 0.6) is 5.75 Å². The van der Waals surface area contributed by atoms with Crippen LogP contribution in [0.15, 0.2) is 60.0 Å². The van der Waals surface area contributed by atoms with Crippen LogP contribution < -0.4 is 4.74 Å². The van der Waals surface area contributed by atoms with E-state index in [1.165, 1.54) is 29.9 Å². The maximum atomic E-state index is 12.4. The lowest BCUT2D eigenvalue weighted by atomic mass is 10.1. The first-order valence-corrected chi connectivity index (χ1v) is 8.93. The Balaban J connectivity index is 1.77. The summed E-state index contributed by atoms with van der Waals surface area (Å²) in [4.78, 5) is 28.1. The Kier molecular flexibility index (Phi) is 5.39. The first kappa shape index (κ1) is 17.8. The van der Waals surface area contributed by atoms with Crippen LogP contribution in [0.2, 0.25) is 0 Å². The van der Waals surface area contributed by atoms with E-state index in [9.17, 15) is 9.59 Å². The molecule has 0 amide bonds. The van der Waals surface area contributed by atoms with Crippen molar-refractivity contribution in [1.29, 1.82) is 0 Å². The summed E-state index contributed by atoms with van der Waals surface area (Å²) >= 11 is 1.52. The Labute approximate surface area is 155 Å². The van der Waals surface area contributed by atoms with Gasteiger partial charge in [0.05, 0.1) is 11.3 Å². The Morgan fingerprint density at radius 1 is 1.08 bits per heavy atom. The molecule has 0 N–H and O–H groups in total.